The Morgan fingerprint density at radius 2 is 1.90 bits per heavy atom. The largest absolute Gasteiger partial charge is 0.323 e. The molecule has 0 aliphatic carbocycles. The average molecular weight is 474 g/mol. The first-order chi connectivity index (χ1) is 13.9. The highest BCUT2D eigenvalue weighted by Crippen LogP contribution is 2.27. The minimum atomic E-state index is -0.521. The number of aromatic nitrogens is 1. The van der Waals surface area contributed by atoms with Crippen molar-refractivity contribution in [2.75, 3.05) is 16.4 Å². The molecule has 2 amide bonds. The lowest BCUT2D eigenvalue weighted by Gasteiger charge is -2.13. The SMILES string of the molecule is Cc1cc(Br)ccc1SCC(=O)Nc1cc(F)ccc1NC(=O)c1ccccn1. The molecule has 29 heavy (non-hydrogen) atoms. The summed E-state index contributed by atoms with van der Waals surface area (Å²) in [4.78, 5) is 29.7. The van der Waals surface area contributed by atoms with E-state index >= 15 is 0 Å². The summed E-state index contributed by atoms with van der Waals surface area (Å²) in [6.07, 6.45) is 1.50. The van der Waals surface area contributed by atoms with Crippen molar-refractivity contribution in [1.29, 1.82) is 0 Å². The summed E-state index contributed by atoms with van der Waals surface area (Å²) in [6, 6.07) is 14.5. The number of hydrogen-bond acceptors (Lipinski definition) is 4. The van der Waals surface area contributed by atoms with E-state index in [4.69, 9.17) is 0 Å². The number of nitrogens with zero attached hydrogens (tertiary/aromatic N) is 1. The van der Waals surface area contributed by atoms with Gasteiger partial charge in [0.2, 0.25) is 5.91 Å². The fourth-order valence-electron chi connectivity index (χ4n) is 2.52. The summed E-state index contributed by atoms with van der Waals surface area (Å²) in [6.45, 7) is 1.96. The van der Waals surface area contributed by atoms with Crippen molar-refractivity contribution in [1.82, 2.24) is 4.98 Å². The van der Waals surface area contributed by atoms with E-state index < -0.39 is 11.7 Å². The maximum atomic E-state index is 13.7. The van der Waals surface area contributed by atoms with Gasteiger partial charge >= 0.3 is 0 Å². The first kappa shape index (κ1) is 21.0. The van der Waals surface area contributed by atoms with Gasteiger partial charge in [0.1, 0.15) is 11.5 Å². The van der Waals surface area contributed by atoms with Gasteiger partial charge in [-0.25, -0.2) is 4.39 Å². The Morgan fingerprint density at radius 1 is 1.07 bits per heavy atom. The lowest BCUT2D eigenvalue weighted by molar-refractivity contribution is -0.113. The number of amides is 2. The average Bonchev–Trinajstić information content (AvgIpc) is 2.70. The number of pyridine rings is 1. The van der Waals surface area contributed by atoms with Gasteiger partial charge in [-0.05, 0) is 61.0 Å². The third-order valence-corrected chi connectivity index (χ3v) is 5.57. The number of aryl methyl sites for hydroxylation is 1. The molecule has 0 saturated carbocycles. The minimum Gasteiger partial charge on any atom is -0.323 e. The standard InChI is InChI=1S/C21H17BrFN3O2S/c1-13-10-14(22)5-8-19(13)29-12-20(27)25-18-11-15(23)6-7-16(18)26-21(28)17-4-2-3-9-24-17/h2-11H,12H2,1H3,(H,25,27)(H,26,28). The molecule has 8 heteroatoms. The van der Waals surface area contributed by atoms with Crippen molar-refractivity contribution in [3.63, 3.8) is 0 Å². The van der Waals surface area contributed by atoms with E-state index in [-0.39, 0.29) is 23.0 Å². The lowest BCUT2D eigenvalue weighted by Crippen LogP contribution is -2.18. The third-order valence-electron chi connectivity index (χ3n) is 3.90. The van der Waals surface area contributed by atoms with E-state index in [1.54, 1.807) is 18.2 Å². The van der Waals surface area contributed by atoms with Gasteiger partial charge in [-0.1, -0.05) is 22.0 Å². The van der Waals surface area contributed by atoms with E-state index in [9.17, 15) is 14.0 Å². The van der Waals surface area contributed by atoms with Crippen molar-refractivity contribution in [3.05, 3.63) is 82.3 Å². The Kier molecular flexibility index (Phi) is 7.00. The summed E-state index contributed by atoms with van der Waals surface area (Å²) in [7, 11) is 0. The number of thioether (sulfide) groups is 1. The van der Waals surface area contributed by atoms with E-state index in [1.165, 1.54) is 36.2 Å². The zero-order chi connectivity index (χ0) is 20.8. The summed E-state index contributed by atoms with van der Waals surface area (Å²) in [5, 5.41) is 5.32. The minimum absolute atomic E-state index is 0.145. The Balaban J connectivity index is 1.68. The second kappa shape index (κ2) is 9.67. The van der Waals surface area contributed by atoms with Gasteiger partial charge in [0, 0.05) is 15.6 Å². The van der Waals surface area contributed by atoms with Crippen LogP contribution in [0.15, 0.2) is 70.2 Å². The van der Waals surface area contributed by atoms with Crippen molar-refractivity contribution in [2.45, 2.75) is 11.8 Å². The quantitative estimate of drug-likeness (QED) is 0.478. The van der Waals surface area contributed by atoms with Gasteiger partial charge < -0.3 is 10.6 Å². The molecular formula is C21H17BrFN3O2S. The van der Waals surface area contributed by atoms with E-state index in [1.807, 2.05) is 25.1 Å². The van der Waals surface area contributed by atoms with E-state index in [2.05, 4.69) is 31.5 Å². The maximum absolute atomic E-state index is 13.7. The molecule has 1 aromatic heterocycles. The lowest BCUT2D eigenvalue weighted by atomic mass is 10.2. The molecule has 1 heterocycles. The summed E-state index contributed by atoms with van der Waals surface area (Å²) in [5.74, 6) is -1.14. The molecule has 0 bridgehead atoms. The fourth-order valence-corrected chi connectivity index (χ4v) is 3.80. The van der Waals surface area contributed by atoms with Crippen LogP contribution in [0, 0.1) is 12.7 Å². The number of halogens is 2. The molecule has 0 unspecified atom stereocenters. The highest BCUT2D eigenvalue weighted by atomic mass is 79.9. The van der Waals surface area contributed by atoms with Gasteiger partial charge in [-0.15, -0.1) is 11.8 Å². The molecule has 0 fully saturated rings. The second-order valence-electron chi connectivity index (χ2n) is 6.11. The summed E-state index contributed by atoms with van der Waals surface area (Å²) >= 11 is 4.79. The molecule has 3 aromatic rings. The van der Waals surface area contributed by atoms with Crippen LogP contribution in [0.25, 0.3) is 0 Å². The van der Waals surface area contributed by atoms with Gasteiger partial charge in [0.15, 0.2) is 0 Å². The molecule has 148 valence electrons. The monoisotopic (exact) mass is 473 g/mol. The zero-order valence-electron chi connectivity index (χ0n) is 15.4. The molecule has 2 N–H and O–H groups in total. The Morgan fingerprint density at radius 3 is 2.62 bits per heavy atom. The van der Waals surface area contributed by atoms with Crippen molar-refractivity contribution >= 4 is 50.9 Å². The predicted molar refractivity (Wildman–Crippen MR) is 117 cm³/mol. The van der Waals surface area contributed by atoms with Gasteiger partial charge in [0.05, 0.1) is 17.1 Å². The molecule has 2 aromatic carbocycles. The van der Waals surface area contributed by atoms with E-state index in [0.29, 0.717) is 5.69 Å². The highest BCUT2D eigenvalue weighted by Gasteiger charge is 2.13. The Bertz CT molecular complexity index is 1050. The van der Waals surface area contributed by atoms with E-state index in [0.717, 1.165) is 14.9 Å². The number of rotatable bonds is 6. The summed E-state index contributed by atoms with van der Waals surface area (Å²) in [5.41, 5.74) is 1.74. The maximum Gasteiger partial charge on any atom is 0.274 e. The van der Waals surface area contributed by atoms with Crippen LogP contribution >= 0.6 is 27.7 Å². The molecule has 5 nitrogen and oxygen atoms in total. The van der Waals surface area contributed by atoms with Crippen LogP contribution in [-0.4, -0.2) is 22.6 Å². The molecule has 0 aliphatic heterocycles. The second-order valence-corrected chi connectivity index (χ2v) is 8.04. The number of benzene rings is 2. The van der Waals surface area contributed by atoms with Crippen LogP contribution in [0.2, 0.25) is 0 Å². The fraction of sp³-hybridized carbons (Fsp3) is 0.0952. The van der Waals surface area contributed by atoms with Crippen LogP contribution in [0.5, 0.6) is 0 Å². The molecule has 3 rings (SSSR count). The smallest absolute Gasteiger partial charge is 0.274 e. The van der Waals surface area contributed by atoms with Crippen molar-refractivity contribution in [2.24, 2.45) is 0 Å². The van der Waals surface area contributed by atoms with Gasteiger partial charge in [0.25, 0.3) is 5.91 Å². The summed E-state index contributed by atoms with van der Waals surface area (Å²) < 4.78 is 14.7. The van der Waals surface area contributed by atoms with Crippen molar-refractivity contribution < 1.29 is 14.0 Å². The predicted octanol–water partition coefficient (Wildman–Crippen LogP) is 5.27. The van der Waals surface area contributed by atoms with Gasteiger partial charge in [-0.2, -0.15) is 0 Å². The normalized spacial score (nSPS) is 10.4. The number of hydrogen-bond donors (Lipinski definition) is 2. The van der Waals surface area contributed by atoms with Crippen LogP contribution in [0.3, 0.4) is 0 Å². The van der Waals surface area contributed by atoms with Crippen molar-refractivity contribution in [3.8, 4) is 0 Å². The molecule has 0 atom stereocenters. The molecular weight excluding hydrogens is 457 g/mol. The van der Waals surface area contributed by atoms with Crippen LogP contribution in [0.1, 0.15) is 16.1 Å². The third kappa shape index (κ3) is 5.88. The first-order valence-corrected chi connectivity index (χ1v) is 10.4. The number of nitrogens with one attached hydrogen (secondary N) is 2. The van der Waals surface area contributed by atoms with Crippen LogP contribution in [0.4, 0.5) is 15.8 Å². The topological polar surface area (TPSA) is 71.1 Å². The highest BCUT2D eigenvalue weighted by molar-refractivity contribution is 9.10. The molecule has 0 radical (unpaired) electrons. The first-order valence-electron chi connectivity index (χ1n) is 8.63. The molecule has 0 saturated heterocycles. The van der Waals surface area contributed by atoms with Gasteiger partial charge in [-0.3, -0.25) is 14.6 Å². The molecule has 0 aliphatic rings. The zero-order valence-corrected chi connectivity index (χ0v) is 17.8. The number of carbonyl (C=O) groups is 2. The molecule has 0 spiro atoms. The van der Waals surface area contributed by atoms with Crippen LogP contribution < -0.4 is 10.6 Å². The Labute approximate surface area is 180 Å². The number of anilines is 2. The Hall–Kier alpha value is -2.71. The van der Waals surface area contributed by atoms with Crippen LogP contribution in [-0.2, 0) is 4.79 Å². The number of carbonyl (C=O) groups excluding carboxylic acids is 2.